The van der Waals surface area contributed by atoms with E-state index in [0.717, 1.165) is 17.1 Å². The summed E-state index contributed by atoms with van der Waals surface area (Å²) < 4.78 is 5.67. The van der Waals surface area contributed by atoms with Gasteiger partial charge in [0.15, 0.2) is 5.11 Å². The number of rotatable bonds is 5. The van der Waals surface area contributed by atoms with Crippen molar-refractivity contribution in [3.63, 3.8) is 0 Å². The minimum Gasteiger partial charge on any atom is -0.494 e. The van der Waals surface area contributed by atoms with Gasteiger partial charge in [0.1, 0.15) is 5.75 Å². The Balaban J connectivity index is 1.62. The van der Waals surface area contributed by atoms with Crippen molar-refractivity contribution in [1.82, 2.24) is 10.3 Å². The van der Waals surface area contributed by atoms with Crippen LogP contribution in [-0.4, -0.2) is 29.3 Å². The summed E-state index contributed by atoms with van der Waals surface area (Å²) in [6.07, 6.45) is 4.19. The van der Waals surface area contributed by atoms with Crippen molar-refractivity contribution < 1.29 is 4.74 Å². The fraction of sp³-hybridized carbons (Fsp3) is 0.310. The lowest BCUT2D eigenvalue weighted by Crippen LogP contribution is -2.42. The summed E-state index contributed by atoms with van der Waals surface area (Å²) in [6, 6.07) is 20.9. The molecule has 0 unspecified atom stereocenters. The maximum Gasteiger partial charge on any atom is 0.174 e. The highest BCUT2D eigenvalue weighted by Crippen LogP contribution is 2.45. The van der Waals surface area contributed by atoms with E-state index < -0.39 is 0 Å². The third kappa shape index (κ3) is 4.16. The van der Waals surface area contributed by atoms with Gasteiger partial charge in [-0.2, -0.15) is 0 Å². The molecule has 0 aliphatic carbocycles. The number of nitrogens with one attached hydrogen (secondary N) is 1. The van der Waals surface area contributed by atoms with Crippen LogP contribution >= 0.6 is 12.2 Å². The molecule has 0 spiro atoms. The Morgan fingerprint density at radius 1 is 1.09 bits per heavy atom. The SMILES string of the molecule is CCOc1ccc(N2C(=S)N[C@H](c3ccccn3)[C@@H]2c2ccc3c(c2)C(C)=CC(C)(C)N3C)cc1. The molecule has 6 heteroatoms. The predicted molar refractivity (Wildman–Crippen MR) is 148 cm³/mol. The number of hydrogen-bond acceptors (Lipinski definition) is 4. The molecule has 1 N–H and O–H groups in total. The molecule has 180 valence electrons. The van der Waals surface area contributed by atoms with Crippen molar-refractivity contribution >= 4 is 34.3 Å². The summed E-state index contributed by atoms with van der Waals surface area (Å²) in [5.41, 5.74) is 6.96. The van der Waals surface area contributed by atoms with Crippen molar-refractivity contribution in [3.8, 4) is 5.75 Å². The molecule has 1 aromatic heterocycles. The zero-order valence-corrected chi connectivity index (χ0v) is 21.8. The lowest BCUT2D eigenvalue weighted by Gasteiger charge is -2.41. The number of likely N-dealkylation sites (N-methyl/N-ethyl adjacent to an activating group) is 1. The Hall–Kier alpha value is -3.38. The van der Waals surface area contributed by atoms with E-state index in [-0.39, 0.29) is 17.6 Å². The molecule has 2 aliphatic rings. The summed E-state index contributed by atoms with van der Waals surface area (Å²) in [6.45, 7) is 9.33. The highest BCUT2D eigenvalue weighted by molar-refractivity contribution is 7.80. The molecule has 5 rings (SSSR count). The number of fused-ring (bicyclic) bond motifs is 1. The van der Waals surface area contributed by atoms with Crippen LogP contribution in [0.25, 0.3) is 5.57 Å². The monoisotopic (exact) mass is 484 g/mol. The van der Waals surface area contributed by atoms with E-state index >= 15 is 0 Å². The van der Waals surface area contributed by atoms with Gasteiger partial charge in [-0.05, 0) is 99.6 Å². The minimum atomic E-state index is -0.0737. The summed E-state index contributed by atoms with van der Waals surface area (Å²) in [5.74, 6) is 0.854. The lowest BCUT2D eigenvalue weighted by atomic mass is 9.86. The average Bonchev–Trinajstić information content (AvgIpc) is 3.20. The first kappa shape index (κ1) is 23.4. The van der Waals surface area contributed by atoms with Gasteiger partial charge >= 0.3 is 0 Å². The number of hydrogen-bond donors (Lipinski definition) is 1. The second kappa shape index (κ2) is 9.00. The second-order valence-electron chi connectivity index (χ2n) is 9.74. The first-order chi connectivity index (χ1) is 16.8. The van der Waals surface area contributed by atoms with Gasteiger partial charge in [0.2, 0.25) is 0 Å². The minimum absolute atomic E-state index is 0.0279. The second-order valence-corrected chi connectivity index (χ2v) is 10.1. The molecule has 35 heavy (non-hydrogen) atoms. The first-order valence-electron chi connectivity index (χ1n) is 12.1. The number of nitrogens with zero attached hydrogens (tertiary/aromatic N) is 3. The van der Waals surface area contributed by atoms with E-state index in [1.165, 1.54) is 22.4 Å². The van der Waals surface area contributed by atoms with E-state index in [2.05, 4.69) is 90.4 Å². The maximum atomic E-state index is 5.89. The number of allylic oxidation sites excluding steroid dienone is 1. The molecule has 1 saturated heterocycles. The lowest BCUT2D eigenvalue weighted by molar-refractivity contribution is 0.340. The van der Waals surface area contributed by atoms with Crippen molar-refractivity contribution in [3.05, 3.63) is 89.8 Å². The predicted octanol–water partition coefficient (Wildman–Crippen LogP) is 6.29. The van der Waals surface area contributed by atoms with Gasteiger partial charge in [0, 0.05) is 30.2 Å². The standard InChI is InChI=1S/C29H32N4OS/c1-6-34-22-13-11-21(12-14-22)33-27(26(31-28(33)35)24-9-7-8-16-30-24)20-10-15-25-23(17-20)19(2)18-29(3,4)32(25)5/h7-18,26-27H,6H2,1-5H3,(H,31,35)/t26-,27+/m1/s1. The summed E-state index contributed by atoms with van der Waals surface area (Å²) in [7, 11) is 2.16. The number of anilines is 2. The number of benzene rings is 2. The van der Waals surface area contributed by atoms with Crippen molar-refractivity contribution in [2.45, 2.75) is 45.3 Å². The van der Waals surface area contributed by atoms with Crippen LogP contribution in [0, 0.1) is 0 Å². The fourth-order valence-electron chi connectivity index (χ4n) is 5.20. The molecule has 1 fully saturated rings. The Morgan fingerprint density at radius 3 is 2.54 bits per heavy atom. The molecule has 3 heterocycles. The smallest absolute Gasteiger partial charge is 0.174 e. The normalized spacial score (nSPS) is 20.8. The molecule has 5 nitrogen and oxygen atoms in total. The van der Waals surface area contributed by atoms with Gasteiger partial charge in [-0.25, -0.2) is 0 Å². The van der Waals surface area contributed by atoms with Gasteiger partial charge in [0.05, 0.1) is 29.9 Å². The molecule has 0 radical (unpaired) electrons. The van der Waals surface area contributed by atoms with E-state index in [4.69, 9.17) is 17.0 Å². The molecule has 0 bridgehead atoms. The number of ether oxygens (including phenoxy) is 1. The fourth-order valence-corrected chi connectivity index (χ4v) is 5.55. The van der Waals surface area contributed by atoms with Crippen LogP contribution in [0.4, 0.5) is 11.4 Å². The van der Waals surface area contributed by atoms with Crippen LogP contribution in [0.2, 0.25) is 0 Å². The van der Waals surface area contributed by atoms with E-state index in [9.17, 15) is 0 Å². The molecule has 2 aliphatic heterocycles. The van der Waals surface area contributed by atoms with Gasteiger partial charge in [-0.3, -0.25) is 4.98 Å². The first-order valence-corrected chi connectivity index (χ1v) is 12.5. The molecule has 2 aromatic carbocycles. The Labute approximate surface area is 213 Å². The molecule has 3 aromatic rings. The molecule has 0 saturated carbocycles. The molecule has 0 amide bonds. The zero-order chi connectivity index (χ0) is 24.7. The third-order valence-corrected chi connectivity index (χ3v) is 7.42. The van der Waals surface area contributed by atoms with Gasteiger partial charge < -0.3 is 19.9 Å². The Kier molecular flexibility index (Phi) is 6.01. The van der Waals surface area contributed by atoms with Crippen molar-refractivity contribution in [1.29, 1.82) is 0 Å². The van der Waals surface area contributed by atoms with Crippen molar-refractivity contribution in [2.24, 2.45) is 0 Å². The molecular weight excluding hydrogens is 452 g/mol. The summed E-state index contributed by atoms with van der Waals surface area (Å²) in [4.78, 5) is 9.24. The zero-order valence-electron chi connectivity index (χ0n) is 20.9. The number of thiocarbonyl (C=S) groups is 1. The van der Waals surface area contributed by atoms with Crippen LogP contribution in [0.15, 0.2) is 72.9 Å². The van der Waals surface area contributed by atoms with Crippen LogP contribution in [-0.2, 0) is 0 Å². The Bertz CT molecular complexity index is 1270. The van der Waals surface area contributed by atoms with E-state index in [1.807, 2.05) is 37.4 Å². The topological polar surface area (TPSA) is 40.6 Å². The van der Waals surface area contributed by atoms with Crippen LogP contribution in [0.5, 0.6) is 5.75 Å². The quantitative estimate of drug-likeness (QED) is 0.429. The molecular formula is C29H32N4OS. The maximum absolute atomic E-state index is 5.89. The average molecular weight is 485 g/mol. The van der Waals surface area contributed by atoms with Gasteiger partial charge in [-0.1, -0.05) is 18.2 Å². The Morgan fingerprint density at radius 2 is 1.86 bits per heavy atom. The van der Waals surface area contributed by atoms with Gasteiger partial charge in [-0.15, -0.1) is 0 Å². The third-order valence-electron chi connectivity index (χ3n) is 7.11. The van der Waals surface area contributed by atoms with Crippen LogP contribution in [0.3, 0.4) is 0 Å². The summed E-state index contributed by atoms with van der Waals surface area (Å²) in [5, 5.41) is 4.25. The number of pyridine rings is 1. The highest BCUT2D eigenvalue weighted by Gasteiger charge is 2.41. The van der Waals surface area contributed by atoms with E-state index in [1.54, 1.807) is 0 Å². The summed E-state index contributed by atoms with van der Waals surface area (Å²) >= 11 is 5.89. The molecule has 2 atom stereocenters. The number of aromatic nitrogens is 1. The van der Waals surface area contributed by atoms with E-state index in [0.29, 0.717) is 11.7 Å². The van der Waals surface area contributed by atoms with Crippen LogP contribution < -0.4 is 19.9 Å². The van der Waals surface area contributed by atoms with Crippen LogP contribution in [0.1, 0.15) is 56.6 Å². The highest BCUT2D eigenvalue weighted by atomic mass is 32.1. The van der Waals surface area contributed by atoms with Crippen molar-refractivity contribution in [2.75, 3.05) is 23.5 Å². The van der Waals surface area contributed by atoms with Gasteiger partial charge in [0.25, 0.3) is 0 Å². The largest absolute Gasteiger partial charge is 0.494 e.